The largest absolute Gasteiger partial charge is 0.423 e. The molecule has 1 fully saturated rings. The van der Waals surface area contributed by atoms with Crippen molar-refractivity contribution in [3.8, 4) is 0 Å². The summed E-state index contributed by atoms with van der Waals surface area (Å²) in [5.74, 6) is -0.167. The Kier molecular flexibility index (Phi) is 3.95. The molecule has 0 saturated carbocycles. The van der Waals surface area contributed by atoms with E-state index >= 15 is 0 Å². The fraction of sp³-hybridized carbons (Fsp3) is 0. The van der Waals surface area contributed by atoms with Gasteiger partial charge in [-0.25, -0.2) is 9.79 Å². The standard InChI is InChI=1S/C19H12N2O3S/c22-17-9-6-13-11-14(7-8-15(13)24-17)20-19-21-18(23)16(25-19)10-12-4-2-1-3-5-12/h1-11H,(H,20,21,23)/b16-10+. The molecule has 1 aliphatic rings. The number of fused-ring (bicyclic) bond motifs is 1. The maximum Gasteiger partial charge on any atom is 0.336 e. The number of nitrogens with zero attached hydrogens (tertiary/aromatic N) is 1. The van der Waals surface area contributed by atoms with E-state index in [1.807, 2.05) is 36.4 Å². The molecule has 2 heterocycles. The fourth-order valence-electron chi connectivity index (χ4n) is 2.43. The fourth-order valence-corrected chi connectivity index (χ4v) is 3.27. The van der Waals surface area contributed by atoms with Gasteiger partial charge in [0.05, 0.1) is 10.6 Å². The van der Waals surface area contributed by atoms with Crippen LogP contribution in [0.4, 0.5) is 5.69 Å². The molecule has 5 nitrogen and oxygen atoms in total. The molecule has 4 rings (SSSR count). The first-order valence-electron chi connectivity index (χ1n) is 7.56. The highest BCUT2D eigenvalue weighted by molar-refractivity contribution is 8.18. The molecule has 0 radical (unpaired) electrons. The topological polar surface area (TPSA) is 71.7 Å². The SMILES string of the molecule is O=C1NC(=Nc2ccc3oc(=O)ccc3c2)S/C1=C/c1ccccc1. The summed E-state index contributed by atoms with van der Waals surface area (Å²) in [7, 11) is 0. The second kappa shape index (κ2) is 6.41. The molecular weight excluding hydrogens is 336 g/mol. The average Bonchev–Trinajstić information content (AvgIpc) is 2.95. The van der Waals surface area contributed by atoms with Gasteiger partial charge < -0.3 is 9.73 Å². The number of carbonyl (C=O) groups excluding carboxylic acids is 1. The summed E-state index contributed by atoms with van der Waals surface area (Å²) in [6.45, 7) is 0. The highest BCUT2D eigenvalue weighted by Crippen LogP contribution is 2.28. The third-order valence-electron chi connectivity index (χ3n) is 3.58. The van der Waals surface area contributed by atoms with Crippen LogP contribution in [0.25, 0.3) is 17.0 Å². The van der Waals surface area contributed by atoms with Gasteiger partial charge in [0, 0.05) is 11.5 Å². The lowest BCUT2D eigenvalue weighted by Crippen LogP contribution is -2.19. The molecule has 0 unspecified atom stereocenters. The third-order valence-corrected chi connectivity index (χ3v) is 4.49. The van der Waals surface area contributed by atoms with Crippen LogP contribution in [0.2, 0.25) is 0 Å². The Bertz CT molecular complexity index is 1080. The number of rotatable bonds is 2. The molecule has 0 bridgehead atoms. The Labute approximate surface area is 147 Å². The molecule has 0 aliphatic carbocycles. The van der Waals surface area contributed by atoms with Gasteiger partial charge in [0.1, 0.15) is 5.58 Å². The van der Waals surface area contributed by atoms with Crippen molar-refractivity contribution in [3.05, 3.63) is 81.6 Å². The minimum atomic E-state index is -0.388. The van der Waals surface area contributed by atoms with Crippen LogP contribution in [-0.4, -0.2) is 11.1 Å². The summed E-state index contributed by atoms with van der Waals surface area (Å²) in [6, 6.07) is 17.9. The number of amides is 1. The maximum absolute atomic E-state index is 12.1. The number of hydrogen-bond acceptors (Lipinski definition) is 5. The van der Waals surface area contributed by atoms with E-state index in [-0.39, 0.29) is 11.5 Å². The summed E-state index contributed by atoms with van der Waals surface area (Å²) >= 11 is 1.29. The Morgan fingerprint density at radius 3 is 2.68 bits per heavy atom. The highest BCUT2D eigenvalue weighted by atomic mass is 32.2. The zero-order valence-electron chi connectivity index (χ0n) is 12.9. The summed E-state index contributed by atoms with van der Waals surface area (Å²) in [4.78, 5) is 28.4. The lowest BCUT2D eigenvalue weighted by Gasteiger charge is -1.99. The monoisotopic (exact) mass is 348 g/mol. The van der Waals surface area contributed by atoms with Crippen LogP contribution in [0.5, 0.6) is 0 Å². The van der Waals surface area contributed by atoms with Crippen LogP contribution in [0.3, 0.4) is 0 Å². The molecule has 122 valence electrons. The molecule has 1 N–H and O–H groups in total. The van der Waals surface area contributed by atoms with Crippen LogP contribution in [0, 0.1) is 0 Å². The predicted molar refractivity (Wildman–Crippen MR) is 99.7 cm³/mol. The minimum absolute atomic E-state index is 0.167. The lowest BCUT2D eigenvalue weighted by atomic mass is 10.2. The first-order chi connectivity index (χ1) is 12.2. The Morgan fingerprint density at radius 2 is 1.84 bits per heavy atom. The van der Waals surface area contributed by atoms with Crippen molar-refractivity contribution in [2.45, 2.75) is 0 Å². The minimum Gasteiger partial charge on any atom is -0.423 e. The number of hydrogen-bond donors (Lipinski definition) is 1. The molecule has 1 aromatic heterocycles. The molecule has 0 atom stereocenters. The molecule has 6 heteroatoms. The van der Waals surface area contributed by atoms with Gasteiger partial charge >= 0.3 is 5.63 Å². The van der Waals surface area contributed by atoms with E-state index in [2.05, 4.69) is 10.3 Å². The molecule has 2 aromatic carbocycles. The van der Waals surface area contributed by atoms with E-state index in [1.165, 1.54) is 17.8 Å². The van der Waals surface area contributed by atoms with Crippen molar-refractivity contribution in [1.82, 2.24) is 5.32 Å². The van der Waals surface area contributed by atoms with Crippen molar-refractivity contribution < 1.29 is 9.21 Å². The van der Waals surface area contributed by atoms with Crippen LogP contribution >= 0.6 is 11.8 Å². The van der Waals surface area contributed by atoms with Crippen molar-refractivity contribution in [1.29, 1.82) is 0 Å². The Hall–Kier alpha value is -3.12. The second-order valence-electron chi connectivity index (χ2n) is 5.37. The van der Waals surface area contributed by atoms with Gasteiger partial charge in [-0.3, -0.25) is 4.79 Å². The summed E-state index contributed by atoms with van der Waals surface area (Å²) < 4.78 is 5.10. The molecule has 3 aromatic rings. The number of nitrogens with one attached hydrogen (secondary N) is 1. The van der Waals surface area contributed by atoms with Gasteiger partial charge in [0.25, 0.3) is 5.91 Å². The molecule has 1 amide bonds. The van der Waals surface area contributed by atoms with Gasteiger partial charge in [-0.15, -0.1) is 0 Å². The third kappa shape index (κ3) is 3.39. The quantitative estimate of drug-likeness (QED) is 0.566. The van der Waals surface area contributed by atoms with E-state index in [0.29, 0.717) is 21.3 Å². The van der Waals surface area contributed by atoms with E-state index in [9.17, 15) is 9.59 Å². The van der Waals surface area contributed by atoms with Gasteiger partial charge in [-0.05, 0) is 47.7 Å². The zero-order valence-corrected chi connectivity index (χ0v) is 13.7. The van der Waals surface area contributed by atoms with E-state index in [1.54, 1.807) is 24.3 Å². The zero-order chi connectivity index (χ0) is 17.2. The van der Waals surface area contributed by atoms with Gasteiger partial charge in [0.2, 0.25) is 0 Å². The molecule has 25 heavy (non-hydrogen) atoms. The Morgan fingerprint density at radius 1 is 1.00 bits per heavy atom. The molecule has 1 aliphatic heterocycles. The van der Waals surface area contributed by atoms with Crippen LogP contribution in [0.15, 0.2) is 79.8 Å². The van der Waals surface area contributed by atoms with Gasteiger partial charge in [0.15, 0.2) is 5.17 Å². The van der Waals surface area contributed by atoms with E-state index < -0.39 is 0 Å². The second-order valence-corrected chi connectivity index (χ2v) is 6.40. The molecule has 0 spiro atoms. The number of amidine groups is 1. The average molecular weight is 348 g/mol. The molecular formula is C19H12N2O3S. The van der Waals surface area contributed by atoms with E-state index in [4.69, 9.17) is 4.42 Å². The van der Waals surface area contributed by atoms with Crippen molar-refractivity contribution in [3.63, 3.8) is 0 Å². The number of aliphatic imine (C=N–C) groups is 1. The lowest BCUT2D eigenvalue weighted by molar-refractivity contribution is -0.115. The van der Waals surface area contributed by atoms with E-state index in [0.717, 1.165) is 10.9 Å². The van der Waals surface area contributed by atoms with Crippen LogP contribution in [-0.2, 0) is 4.79 Å². The first-order valence-corrected chi connectivity index (χ1v) is 8.38. The van der Waals surface area contributed by atoms with Crippen molar-refractivity contribution in [2.24, 2.45) is 4.99 Å². The summed E-state index contributed by atoms with van der Waals surface area (Å²) in [6.07, 6.45) is 1.83. The summed E-state index contributed by atoms with van der Waals surface area (Å²) in [5.41, 5.74) is 1.75. The van der Waals surface area contributed by atoms with Gasteiger partial charge in [-0.2, -0.15) is 0 Å². The smallest absolute Gasteiger partial charge is 0.336 e. The highest BCUT2D eigenvalue weighted by Gasteiger charge is 2.23. The first kappa shape index (κ1) is 15.4. The van der Waals surface area contributed by atoms with Crippen molar-refractivity contribution >= 4 is 45.6 Å². The van der Waals surface area contributed by atoms with Crippen LogP contribution in [0.1, 0.15) is 5.56 Å². The number of benzene rings is 2. The normalized spacial score (nSPS) is 17.4. The number of thioether (sulfide) groups is 1. The van der Waals surface area contributed by atoms with Crippen LogP contribution < -0.4 is 10.9 Å². The molecule has 1 saturated heterocycles. The Balaban J connectivity index is 1.62. The maximum atomic E-state index is 12.1. The predicted octanol–water partition coefficient (Wildman–Crippen LogP) is 3.68. The summed E-state index contributed by atoms with van der Waals surface area (Å²) in [5, 5.41) is 4.05. The van der Waals surface area contributed by atoms with Gasteiger partial charge in [-0.1, -0.05) is 30.3 Å². The number of carbonyl (C=O) groups is 1. The van der Waals surface area contributed by atoms with Crippen molar-refractivity contribution in [2.75, 3.05) is 0 Å².